The van der Waals surface area contributed by atoms with Gasteiger partial charge in [0, 0.05) is 11.1 Å². The van der Waals surface area contributed by atoms with Gasteiger partial charge in [0.15, 0.2) is 0 Å². The fraction of sp³-hybridized carbons (Fsp3) is 0.250. The van der Waals surface area contributed by atoms with Crippen LogP contribution in [0.15, 0.2) is 34.2 Å². The summed E-state index contributed by atoms with van der Waals surface area (Å²) in [5.74, 6) is -0.270. The van der Waals surface area contributed by atoms with Crippen molar-refractivity contribution in [3.05, 3.63) is 44.8 Å². The average molecular weight is 314 g/mol. The summed E-state index contributed by atoms with van der Waals surface area (Å²) in [5.41, 5.74) is 0.594. The number of thiophene rings is 1. The van der Waals surface area contributed by atoms with Crippen LogP contribution in [0.25, 0.3) is 0 Å². The largest absolute Gasteiger partial charge is 0.461 e. The maximum atomic E-state index is 11.7. The van der Waals surface area contributed by atoms with Gasteiger partial charge in [0.25, 0.3) is 0 Å². The molecule has 0 atom stereocenters. The number of esters is 1. The van der Waals surface area contributed by atoms with Gasteiger partial charge in [0.2, 0.25) is 0 Å². The van der Waals surface area contributed by atoms with E-state index >= 15 is 0 Å². The summed E-state index contributed by atoms with van der Waals surface area (Å²) in [7, 11) is 0. The Bertz CT molecular complexity index is 518. The van der Waals surface area contributed by atoms with Gasteiger partial charge in [-0.15, -0.1) is 11.3 Å². The number of hydrogen-bond donors (Lipinski definition) is 0. The first-order valence-electron chi connectivity index (χ1n) is 5.27. The lowest BCUT2D eigenvalue weighted by molar-refractivity contribution is 0.0514. The van der Waals surface area contributed by atoms with E-state index in [0.717, 1.165) is 3.79 Å². The van der Waals surface area contributed by atoms with E-state index in [1.165, 1.54) is 4.88 Å². The maximum absolute atomic E-state index is 11.7. The van der Waals surface area contributed by atoms with Crippen molar-refractivity contribution in [1.29, 1.82) is 0 Å². The molecule has 2 aromatic rings. The highest BCUT2D eigenvalue weighted by molar-refractivity contribution is 9.11. The van der Waals surface area contributed by atoms with Gasteiger partial charge < -0.3 is 9.30 Å². The topological polar surface area (TPSA) is 31.2 Å². The number of carbonyl (C=O) groups excluding carboxylic acids is 1. The molecule has 0 amide bonds. The van der Waals surface area contributed by atoms with Crippen molar-refractivity contribution in [3.8, 4) is 0 Å². The van der Waals surface area contributed by atoms with Crippen molar-refractivity contribution >= 4 is 33.2 Å². The van der Waals surface area contributed by atoms with Crippen molar-refractivity contribution in [2.75, 3.05) is 6.61 Å². The first-order valence-corrected chi connectivity index (χ1v) is 6.88. The number of carbonyl (C=O) groups is 1. The van der Waals surface area contributed by atoms with Gasteiger partial charge in [0.05, 0.1) is 16.9 Å². The van der Waals surface area contributed by atoms with Crippen LogP contribution in [0.3, 0.4) is 0 Å². The predicted molar refractivity (Wildman–Crippen MR) is 71.5 cm³/mol. The molecule has 0 fully saturated rings. The number of rotatable bonds is 4. The maximum Gasteiger partial charge on any atom is 0.354 e. The first-order chi connectivity index (χ1) is 8.20. The molecule has 0 bridgehead atoms. The molecule has 0 aliphatic carbocycles. The molecule has 0 unspecified atom stereocenters. The lowest BCUT2D eigenvalue weighted by Crippen LogP contribution is -2.11. The van der Waals surface area contributed by atoms with Crippen molar-refractivity contribution in [2.45, 2.75) is 13.5 Å². The van der Waals surface area contributed by atoms with E-state index in [2.05, 4.69) is 15.9 Å². The fourth-order valence-corrected chi connectivity index (χ4v) is 3.03. The van der Waals surface area contributed by atoms with E-state index < -0.39 is 0 Å². The molecule has 0 spiro atoms. The van der Waals surface area contributed by atoms with Gasteiger partial charge in [-0.05, 0) is 47.1 Å². The molecule has 17 heavy (non-hydrogen) atoms. The minimum atomic E-state index is -0.270. The quantitative estimate of drug-likeness (QED) is 0.808. The molecule has 2 heterocycles. The highest BCUT2D eigenvalue weighted by Gasteiger charge is 2.12. The number of ether oxygens (including phenoxy) is 1. The third-order valence-electron chi connectivity index (χ3n) is 2.27. The fourth-order valence-electron chi connectivity index (χ4n) is 1.55. The zero-order valence-corrected chi connectivity index (χ0v) is 11.8. The Labute approximate surface area is 112 Å². The van der Waals surface area contributed by atoms with Crippen LogP contribution in [0.4, 0.5) is 0 Å². The Hall–Kier alpha value is -1.07. The van der Waals surface area contributed by atoms with E-state index in [9.17, 15) is 4.79 Å². The summed E-state index contributed by atoms with van der Waals surface area (Å²) in [5, 5.41) is 0. The summed E-state index contributed by atoms with van der Waals surface area (Å²) < 4.78 is 8.00. The van der Waals surface area contributed by atoms with Crippen LogP contribution in [-0.2, 0) is 11.3 Å². The highest BCUT2D eigenvalue weighted by Crippen LogP contribution is 2.23. The van der Waals surface area contributed by atoms with Crippen LogP contribution < -0.4 is 0 Å². The van der Waals surface area contributed by atoms with Gasteiger partial charge in [-0.3, -0.25) is 0 Å². The molecule has 0 N–H and O–H groups in total. The van der Waals surface area contributed by atoms with Crippen molar-refractivity contribution < 1.29 is 9.53 Å². The summed E-state index contributed by atoms with van der Waals surface area (Å²) in [6.07, 6.45) is 1.89. The zero-order chi connectivity index (χ0) is 12.3. The van der Waals surface area contributed by atoms with Crippen LogP contribution in [0, 0.1) is 0 Å². The molecule has 0 aliphatic rings. The molecule has 2 aromatic heterocycles. The third-order valence-corrected chi connectivity index (χ3v) is 3.88. The van der Waals surface area contributed by atoms with Gasteiger partial charge >= 0.3 is 5.97 Å². The summed E-state index contributed by atoms with van der Waals surface area (Å²) in [6, 6.07) is 7.69. The Kier molecular flexibility index (Phi) is 4.02. The molecular weight excluding hydrogens is 302 g/mol. The smallest absolute Gasteiger partial charge is 0.354 e. The predicted octanol–water partition coefficient (Wildman–Crippen LogP) is 3.54. The van der Waals surface area contributed by atoms with Crippen LogP contribution >= 0.6 is 27.3 Å². The third kappa shape index (κ3) is 2.98. The lowest BCUT2D eigenvalue weighted by atomic mass is 10.4. The van der Waals surface area contributed by atoms with E-state index in [0.29, 0.717) is 18.8 Å². The standard InChI is InChI=1S/C12H12BrNO2S/c1-2-16-12(15)10-4-3-7-14(10)8-9-5-6-11(13)17-9/h3-7H,2,8H2,1H3. The monoisotopic (exact) mass is 313 g/mol. The Morgan fingerprint density at radius 2 is 2.29 bits per heavy atom. The highest BCUT2D eigenvalue weighted by atomic mass is 79.9. The van der Waals surface area contributed by atoms with Crippen LogP contribution in [-0.4, -0.2) is 17.1 Å². The Balaban J connectivity index is 2.16. The summed E-state index contributed by atoms with van der Waals surface area (Å²) in [4.78, 5) is 12.9. The number of halogens is 1. The number of hydrogen-bond acceptors (Lipinski definition) is 3. The van der Waals surface area contributed by atoms with Crippen molar-refractivity contribution in [3.63, 3.8) is 0 Å². The second-order valence-corrected chi connectivity index (χ2v) is 6.00. The zero-order valence-electron chi connectivity index (χ0n) is 9.35. The molecule has 2 rings (SSSR count). The van der Waals surface area contributed by atoms with Crippen molar-refractivity contribution in [1.82, 2.24) is 4.57 Å². The molecule has 0 aromatic carbocycles. The molecule has 0 saturated carbocycles. The summed E-state index contributed by atoms with van der Waals surface area (Å²) >= 11 is 5.09. The molecular formula is C12H12BrNO2S. The molecule has 0 saturated heterocycles. The van der Waals surface area contributed by atoms with Gasteiger partial charge in [-0.1, -0.05) is 0 Å². The normalized spacial score (nSPS) is 10.5. The van der Waals surface area contributed by atoms with Crippen LogP contribution in [0.1, 0.15) is 22.3 Å². The van der Waals surface area contributed by atoms with Crippen LogP contribution in [0.5, 0.6) is 0 Å². The molecule has 0 aliphatic heterocycles. The lowest BCUT2D eigenvalue weighted by Gasteiger charge is -2.06. The van der Waals surface area contributed by atoms with Gasteiger partial charge in [-0.25, -0.2) is 4.79 Å². The van der Waals surface area contributed by atoms with Crippen molar-refractivity contribution in [2.24, 2.45) is 0 Å². The molecule has 0 radical (unpaired) electrons. The molecule has 5 heteroatoms. The van der Waals surface area contributed by atoms with Gasteiger partial charge in [0.1, 0.15) is 5.69 Å². The van der Waals surface area contributed by atoms with E-state index in [1.54, 1.807) is 17.4 Å². The second kappa shape index (κ2) is 5.51. The SMILES string of the molecule is CCOC(=O)c1cccn1Cc1ccc(Br)s1. The average Bonchev–Trinajstić information content (AvgIpc) is 2.89. The van der Waals surface area contributed by atoms with E-state index in [-0.39, 0.29) is 5.97 Å². The Morgan fingerprint density at radius 3 is 2.94 bits per heavy atom. The summed E-state index contributed by atoms with van der Waals surface area (Å²) in [6.45, 7) is 2.90. The molecule has 90 valence electrons. The van der Waals surface area contributed by atoms with E-state index in [4.69, 9.17) is 4.74 Å². The second-order valence-electron chi connectivity index (χ2n) is 3.45. The van der Waals surface area contributed by atoms with Gasteiger partial charge in [-0.2, -0.15) is 0 Å². The Morgan fingerprint density at radius 1 is 1.47 bits per heavy atom. The number of aromatic nitrogens is 1. The first kappa shape index (κ1) is 12.4. The van der Waals surface area contributed by atoms with E-state index in [1.807, 2.05) is 35.9 Å². The van der Waals surface area contributed by atoms with Crippen LogP contribution in [0.2, 0.25) is 0 Å². The molecule has 3 nitrogen and oxygen atoms in total. The minimum Gasteiger partial charge on any atom is -0.461 e. The number of nitrogens with zero attached hydrogens (tertiary/aromatic N) is 1. The minimum absolute atomic E-state index is 0.270.